The summed E-state index contributed by atoms with van der Waals surface area (Å²) in [5.74, 6) is 1.31. The summed E-state index contributed by atoms with van der Waals surface area (Å²) >= 11 is 0. The van der Waals surface area contributed by atoms with Crippen molar-refractivity contribution in [3.8, 4) is 0 Å². The van der Waals surface area contributed by atoms with Crippen LogP contribution in [0.2, 0.25) is 0 Å². The van der Waals surface area contributed by atoms with Crippen LogP contribution in [0, 0.1) is 28.1 Å². The minimum absolute atomic E-state index is 0.101. The zero-order valence-corrected chi connectivity index (χ0v) is 14.5. The normalized spacial score (nSPS) is 59.9. The number of hydrogen-bond acceptors (Lipinski definition) is 2. The van der Waals surface area contributed by atoms with Crippen molar-refractivity contribution in [2.45, 2.75) is 77.4 Å². The maximum atomic E-state index is 10.1. The zero-order chi connectivity index (χ0) is 15.8. The average Bonchev–Trinajstić information content (AvgIpc) is 3.17. The smallest absolute Gasteiger partial charge is 0.0989 e. The number of ether oxygens (including phenoxy) is 1. The van der Waals surface area contributed by atoms with E-state index in [0.29, 0.717) is 30.0 Å². The highest BCUT2D eigenvalue weighted by atomic mass is 16.6. The van der Waals surface area contributed by atoms with Gasteiger partial charge in [-0.3, -0.25) is 0 Å². The molecule has 1 N–H and O–H groups in total. The van der Waals surface area contributed by atoms with Gasteiger partial charge in [-0.25, -0.2) is 0 Å². The molecular formula is C20H32O2. The van der Waals surface area contributed by atoms with Gasteiger partial charge in [-0.15, -0.1) is 6.58 Å². The number of rotatable bonds is 2. The second kappa shape index (κ2) is 4.39. The number of hydrogen-bond donors (Lipinski definition) is 1. The highest BCUT2D eigenvalue weighted by Gasteiger charge is 2.74. The third-order valence-corrected chi connectivity index (χ3v) is 8.32. The van der Waals surface area contributed by atoms with Gasteiger partial charge >= 0.3 is 0 Å². The van der Waals surface area contributed by atoms with Crippen LogP contribution in [0.5, 0.6) is 0 Å². The maximum absolute atomic E-state index is 10.1. The van der Waals surface area contributed by atoms with E-state index in [-0.39, 0.29) is 16.4 Å². The first-order valence-corrected chi connectivity index (χ1v) is 9.24. The van der Waals surface area contributed by atoms with Crippen LogP contribution in [-0.4, -0.2) is 23.4 Å². The summed E-state index contributed by atoms with van der Waals surface area (Å²) < 4.78 is 6.43. The molecule has 1 saturated heterocycles. The van der Waals surface area contributed by atoms with Crippen molar-refractivity contribution in [3.05, 3.63) is 12.7 Å². The summed E-state index contributed by atoms with van der Waals surface area (Å²) in [6, 6.07) is 0. The fraction of sp³-hybridized carbons (Fsp3) is 0.900. The second-order valence-electron chi connectivity index (χ2n) is 9.65. The SMILES string of the molecule is C=C[C@]1(C)CC[C@@H]2[C@]3(C)CCC[C@](C)(CO)[C@H]3C[C@H]3O[C@@]23C1. The molecule has 3 saturated carbocycles. The fourth-order valence-electron chi connectivity index (χ4n) is 6.96. The topological polar surface area (TPSA) is 32.8 Å². The van der Waals surface area contributed by atoms with E-state index in [0.717, 1.165) is 12.8 Å². The zero-order valence-electron chi connectivity index (χ0n) is 14.5. The maximum Gasteiger partial charge on any atom is 0.0989 e. The van der Waals surface area contributed by atoms with Gasteiger partial charge in [0.1, 0.15) is 0 Å². The molecule has 0 unspecified atom stereocenters. The van der Waals surface area contributed by atoms with Crippen molar-refractivity contribution >= 4 is 0 Å². The Balaban J connectivity index is 1.70. The molecule has 3 aliphatic carbocycles. The van der Waals surface area contributed by atoms with E-state index in [4.69, 9.17) is 4.74 Å². The number of fused-ring (bicyclic) bond motifs is 2. The molecule has 22 heavy (non-hydrogen) atoms. The molecule has 1 heterocycles. The molecule has 4 aliphatic rings. The van der Waals surface area contributed by atoms with Gasteiger partial charge in [0.15, 0.2) is 0 Å². The summed E-state index contributed by atoms with van der Waals surface area (Å²) in [4.78, 5) is 0. The molecule has 4 rings (SSSR count). The number of aliphatic hydroxyl groups is 1. The van der Waals surface area contributed by atoms with Crippen LogP contribution in [0.1, 0.15) is 65.7 Å². The van der Waals surface area contributed by atoms with Gasteiger partial charge in [-0.05, 0) is 66.6 Å². The standard InChI is InChI=1S/C20H32O2/c1-5-17(2)10-7-14-19(4)9-6-8-18(3,13-21)15(19)11-16-20(14,12-17)22-16/h5,14-16,21H,1,6-13H2,2-4H3/t14-,15-,16-,17-,18-,19+,20+/m1/s1. The Morgan fingerprint density at radius 3 is 2.64 bits per heavy atom. The lowest BCUT2D eigenvalue weighted by molar-refractivity contribution is -0.122. The van der Waals surface area contributed by atoms with E-state index < -0.39 is 0 Å². The summed E-state index contributed by atoms with van der Waals surface area (Å²) in [6.45, 7) is 11.6. The minimum Gasteiger partial charge on any atom is -0.396 e. The summed E-state index contributed by atoms with van der Waals surface area (Å²) in [5, 5.41) is 10.1. The van der Waals surface area contributed by atoms with Crippen molar-refractivity contribution in [1.82, 2.24) is 0 Å². The lowest BCUT2D eigenvalue weighted by Gasteiger charge is -2.60. The van der Waals surface area contributed by atoms with Gasteiger partial charge in [0.2, 0.25) is 0 Å². The molecule has 0 radical (unpaired) electrons. The van der Waals surface area contributed by atoms with Gasteiger partial charge in [0.25, 0.3) is 0 Å². The van der Waals surface area contributed by atoms with Crippen molar-refractivity contribution < 1.29 is 9.84 Å². The fourth-order valence-corrected chi connectivity index (χ4v) is 6.96. The van der Waals surface area contributed by atoms with Crippen molar-refractivity contribution in [2.75, 3.05) is 6.61 Å². The van der Waals surface area contributed by atoms with Crippen LogP contribution >= 0.6 is 0 Å². The molecule has 1 spiro atoms. The van der Waals surface area contributed by atoms with Crippen LogP contribution in [-0.2, 0) is 4.74 Å². The lowest BCUT2D eigenvalue weighted by Crippen LogP contribution is -2.58. The molecule has 0 aromatic carbocycles. The molecule has 2 heteroatoms. The predicted molar refractivity (Wildman–Crippen MR) is 88.5 cm³/mol. The highest BCUT2D eigenvalue weighted by molar-refractivity contribution is 5.24. The third-order valence-electron chi connectivity index (χ3n) is 8.32. The Bertz CT molecular complexity index is 502. The van der Waals surface area contributed by atoms with Gasteiger partial charge in [0.05, 0.1) is 11.7 Å². The predicted octanol–water partition coefficient (Wildman–Crippen LogP) is 4.33. The Morgan fingerprint density at radius 2 is 1.95 bits per heavy atom. The van der Waals surface area contributed by atoms with Crippen LogP contribution < -0.4 is 0 Å². The molecular weight excluding hydrogens is 272 g/mol. The first-order chi connectivity index (χ1) is 10.3. The van der Waals surface area contributed by atoms with Gasteiger partial charge < -0.3 is 9.84 Å². The summed E-state index contributed by atoms with van der Waals surface area (Å²) in [7, 11) is 0. The minimum atomic E-state index is 0.101. The number of aliphatic hydroxyl groups excluding tert-OH is 1. The van der Waals surface area contributed by atoms with E-state index in [1.807, 2.05) is 0 Å². The average molecular weight is 304 g/mol. The molecule has 0 amide bonds. The molecule has 0 aromatic heterocycles. The van der Waals surface area contributed by atoms with Crippen LogP contribution in [0.4, 0.5) is 0 Å². The van der Waals surface area contributed by atoms with E-state index in [2.05, 4.69) is 33.4 Å². The van der Waals surface area contributed by atoms with Crippen molar-refractivity contribution in [2.24, 2.45) is 28.1 Å². The van der Waals surface area contributed by atoms with Crippen LogP contribution in [0.25, 0.3) is 0 Å². The third kappa shape index (κ3) is 1.74. The summed E-state index contributed by atoms with van der Waals surface area (Å²) in [6.07, 6.45) is 11.2. The number of allylic oxidation sites excluding steroid dienone is 1. The molecule has 1 aliphatic heterocycles. The van der Waals surface area contributed by atoms with E-state index in [9.17, 15) is 5.11 Å². The monoisotopic (exact) mass is 304 g/mol. The van der Waals surface area contributed by atoms with Crippen LogP contribution in [0.3, 0.4) is 0 Å². The Morgan fingerprint density at radius 1 is 1.18 bits per heavy atom. The Labute approximate surface area is 135 Å². The molecule has 124 valence electrons. The van der Waals surface area contributed by atoms with Gasteiger partial charge in [-0.1, -0.05) is 33.3 Å². The lowest BCUT2D eigenvalue weighted by atomic mass is 9.43. The number of epoxide rings is 1. The van der Waals surface area contributed by atoms with E-state index in [1.54, 1.807) is 0 Å². The first kappa shape index (κ1) is 15.2. The molecule has 7 atom stereocenters. The van der Waals surface area contributed by atoms with Crippen molar-refractivity contribution in [3.63, 3.8) is 0 Å². The highest BCUT2D eigenvalue weighted by Crippen LogP contribution is 2.72. The van der Waals surface area contributed by atoms with Gasteiger partial charge in [-0.2, -0.15) is 0 Å². The van der Waals surface area contributed by atoms with E-state index in [1.165, 1.54) is 32.1 Å². The summed E-state index contributed by atoms with van der Waals surface area (Å²) in [5.41, 5.74) is 0.846. The van der Waals surface area contributed by atoms with Crippen molar-refractivity contribution in [1.29, 1.82) is 0 Å². The molecule has 0 bridgehead atoms. The first-order valence-electron chi connectivity index (χ1n) is 9.24. The van der Waals surface area contributed by atoms with Gasteiger partial charge in [0, 0.05) is 6.61 Å². The largest absolute Gasteiger partial charge is 0.396 e. The Hall–Kier alpha value is -0.340. The molecule has 4 fully saturated rings. The van der Waals surface area contributed by atoms with E-state index >= 15 is 0 Å². The molecule has 2 nitrogen and oxygen atoms in total. The Kier molecular flexibility index (Phi) is 3.03. The molecule has 0 aromatic rings. The quantitative estimate of drug-likeness (QED) is 0.608. The van der Waals surface area contributed by atoms with Crippen LogP contribution in [0.15, 0.2) is 12.7 Å². The second-order valence-corrected chi connectivity index (χ2v) is 9.65.